The third-order valence-corrected chi connectivity index (χ3v) is 3.03. The van der Waals surface area contributed by atoms with Crippen LogP contribution in [-0.2, 0) is 9.59 Å². The Morgan fingerprint density at radius 2 is 2.05 bits per heavy atom. The van der Waals surface area contributed by atoms with Gasteiger partial charge in [-0.3, -0.25) is 14.7 Å². The predicted octanol–water partition coefficient (Wildman–Crippen LogP) is 0.780. The minimum Gasteiger partial charge on any atom is -0.396 e. The molecule has 2 amide bonds. The standard InChI is InChI=1S/C14H18N4O3/c19-7-3-1-2-6-15-13(20)14(21)17-11-5-4-10-9-16-18-12(10)8-11/h4-5,8-9,19H,1-3,6-7H2,(H,15,20)(H,16,18)(H,17,21). The highest BCUT2D eigenvalue weighted by molar-refractivity contribution is 6.39. The minimum absolute atomic E-state index is 0.143. The largest absolute Gasteiger partial charge is 0.396 e. The molecule has 7 nitrogen and oxygen atoms in total. The molecule has 0 unspecified atom stereocenters. The zero-order chi connectivity index (χ0) is 15.1. The molecule has 7 heteroatoms. The van der Waals surface area contributed by atoms with E-state index in [0.717, 1.165) is 23.7 Å². The summed E-state index contributed by atoms with van der Waals surface area (Å²) in [6.07, 6.45) is 3.93. The number of amides is 2. The third kappa shape index (κ3) is 4.28. The van der Waals surface area contributed by atoms with Gasteiger partial charge in [-0.15, -0.1) is 0 Å². The number of anilines is 1. The number of nitrogens with one attached hydrogen (secondary N) is 3. The summed E-state index contributed by atoms with van der Waals surface area (Å²) in [7, 11) is 0. The van der Waals surface area contributed by atoms with E-state index in [0.29, 0.717) is 18.7 Å². The summed E-state index contributed by atoms with van der Waals surface area (Å²) >= 11 is 0. The first-order valence-electron chi connectivity index (χ1n) is 6.84. The second-order valence-corrected chi connectivity index (χ2v) is 4.67. The van der Waals surface area contributed by atoms with Crippen molar-refractivity contribution >= 4 is 28.4 Å². The Balaban J connectivity index is 1.81. The van der Waals surface area contributed by atoms with Crippen LogP contribution in [0.4, 0.5) is 5.69 Å². The van der Waals surface area contributed by atoms with Crippen LogP contribution in [0.15, 0.2) is 24.4 Å². The van der Waals surface area contributed by atoms with Gasteiger partial charge in [-0.2, -0.15) is 5.10 Å². The first-order valence-corrected chi connectivity index (χ1v) is 6.84. The smallest absolute Gasteiger partial charge is 0.313 e. The summed E-state index contributed by atoms with van der Waals surface area (Å²) in [6, 6.07) is 5.24. The zero-order valence-corrected chi connectivity index (χ0v) is 11.6. The molecule has 1 aromatic heterocycles. The first kappa shape index (κ1) is 15.0. The van der Waals surface area contributed by atoms with Crippen LogP contribution in [0.3, 0.4) is 0 Å². The summed E-state index contributed by atoms with van der Waals surface area (Å²) in [5.74, 6) is -1.36. The van der Waals surface area contributed by atoms with Gasteiger partial charge in [0, 0.05) is 24.2 Å². The number of aliphatic hydroxyl groups excluding tert-OH is 1. The molecule has 112 valence electrons. The molecule has 0 saturated carbocycles. The molecule has 4 N–H and O–H groups in total. The van der Waals surface area contributed by atoms with Crippen molar-refractivity contribution < 1.29 is 14.7 Å². The molecule has 0 aliphatic carbocycles. The lowest BCUT2D eigenvalue weighted by molar-refractivity contribution is -0.136. The quantitative estimate of drug-likeness (QED) is 0.466. The molecule has 0 aliphatic heterocycles. The van der Waals surface area contributed by atoms with E-state index in [4.69, 9.17) is 5.11 Å². The number of carbonyl (C=O) groups excluding carboxylic acids is 2. The number of unbranched alkanes of at least 4 members (excludes halogenated alkanes) is 2. The second kappa shape index (κ2) is 7.39. The Labute approximate surface area is 121 Å². The van der Waals surface area contributed by atoms with Gasteiger partial charge in [-0.1, -0.05) is 0 Å². The minimum atomic E-state index is -0.698. The maximum absolute atomic E-state index is 11.7. The van der Waals surface area contributed by atoms with E-state index in [9.17, 15) is 9.59 Å². The van der Waals surface area contributed by atoms with Gasteiger partial charge in [0.15, 0.2) is 0 Å². The molecule has 0 aliphatic rings. The lowest BCUT2D eigenvalue weighted by atomic mass is 10.2. The Bertz CT molecular complexity index is 623. The molecule has 1 heterocycles. The van der Waals surface area contributed by atoms with Gasteiger partial charge in [0.2, 0.25) is 0 Å². The van der Waals surface area contributed by atoms with Crippen molar-refractivity contribution in [2.24, 2.45) is 0 Å². The summed E-state index contributed by atoms with van der Waals surface area (Å²) in [6.45, 7) is 0.566. The van der Waals surface area contributed by atoms with E-state index >= 15 is 0 Å². The maximum Gasteiger partial charge on any atom is 0.313 e. The van der Waals surface area contributed by atoms with Crippen LogP contribution in [0.2, 0.25) is 0 Å². The summed E-state index contributed by atoms with van der Waals surface area (Å²) in [5.41, 5.74) is 1.32. The van der Waals surface area contributed by atoms with Gasteiger partial charge in [-0.05, 0) is 37.5 Å². The summed E-state index contributed by atoms with van der Waals surface area (Å²) in [5, 5.41) is 21.3. The topological polar surface area (TPSA) is 107 Å². The highest BCUT2D eigenvalue weighted by Gasteiger charge is 2.13. The van der Waals surface area contributed by atoms with Gasteiger partial charge < -0.3 is 15.7 Å². The average molecular weight is 290 g/mol. The van der Waals surface area contributed by atoms with Crippen LogP contribution >= 0.6 is 0 Å². The number of aliphatic hydroxyl groups is 1. The zero-order valence-electron chi connectivity index (χ0n) is 11.6. The van der Waals surface area contributed by atoms with E-state index in [-0.39, 0.29) is 6.61 Å². The van der Waals surface area contributed by atoms with Crippen LogP contribution in [-0.4, -0.2) is 40.3 Å². The SMILES string of the molecule is O=C(NCCCCCO)C(=O)Nc1ccc2cn[nH]c2c1. The molecule has 0 radical (unpaired) electrons. The average Bonchev–Trinajstić information content (AvgIpc) is 2.94. The predicted molar refractivity (Wildman–Crippen MR) is 78.7 cm³/mol. The Morgan fingerprint density at radius 3 is 2.86 bits per heavy atom. The van der Waals surface area contributed by atoms with Gasteiger partial charge >= 0.3 is 11.8 Å². The Morgan fingerprint density at radius 1 is 1.19 bits per heavy atom. The van der Waals surface area contributed by atoms with E-state index in [2.05, 4.69) is 20.8 Å². The molecule has 0 atom stereocenters. The Kier molecular flexibility index (Phi) is 5.28. The monoisotopic (exact) mass is 290 g/mol. The van der Waals surface area contributed by atoms with Crippen LogP contribution in [0.25, 0.3) is 10.9 Å². The number of nitrogens with zero attached hydrogens (tertiary/aromatic N) is 1. The lowest BCUT2D eigenvalue weighted by Crippen LogP contribution is -2.35. The molecule has 0 saturated heterocycles. The fourth-order valence-corrected chi connectivity index (χ4v) is 1.90. The number of hydrogen-bond acceptors (Lipinski definition) is 4. The highest BCUT2D eigenvalue weighted by Crippen LogP contribution is 2.16. The van der Waals surface area contributed by atoms with Crippen LogP contribution < -0.4 is 10.6 Å². The van der Waals surface area contributed by atoms with E-state index in [1.807, 2.05) is 0 Å². The van der Waals surface area contributed by atoms with Gasteiger partial charge in [0.25, 0.3) is 0 Å². The number of H-pyrrole nitrogens is 1. The fraction of sp³-hybridized carbons (Fsp3) is 0.357. The second-order valence-electron chi connectivity index (χ2n) is 4.67. The third-order valence-electron chi connectivity index (χ3n) is 3.03. The molecule has 2 aromatic rings. The van der Waals surface area contributed by atoms with E-state index < -0.39 is 11.8 Å². The number of aromatic nitrogens is 2. The maximum atomic E-state index is 11.7. The van der Waals surface area contributed by atoms with Crippen molar-refractivity contribution in [2.75, 3.05) is 18.5 Å². The fourth-order valence-electron chi connectivity index (χ4n) is 1.90. The molecule has 0 fully saturated rings. The molecule has 2 rings (SSSR count). The summed E-state index contributed by atoms with van der Waals surface area (Å²) < 4.78 is 0. The van der Waals surface area contributed by atoms with Crippen molar-refractivity contribution in [3.8, 4) is 0 Å². The normalized spacial score (nSPS) is 10.5. The van der Waals surface area contributed by atoms with Gasteiger partial charge in [0.05, 0.1) is 11.7 Å². The molecular formula is C14H18N4O3. The number of hydrogen-bond donors (Lipinski definition) is 4. The van der Waals surface area contributed by atoms with Crippen LogP contribution in [0.5, 0.6) is 0 Å². The highest BCUT2D eigenvalue weighted by atomic mass is 16.3. The van der Waals surface area contributed by atoms with Crippen molar-refractivity contribution in [3.05, 3.63) is 24.4 Å². The van der Waals surface area contributed by atoms with Crippen molar-refractivity contribution in [3.63, 3.8) is 0 Å². The van der Waals surface area contributed by atoms with Crippen LogP contribution in [0.1, 0.15) is 19.3 Å². The van der Waals surface area contributed by atoms with E-state index in [1.165, 1.54) is 0 Å². The van der Waals surface area contributed by atoms with Gasteiger partial charge in [0.1, 0.15) is 0 Å². The molecule has 1 aromatic carbocycles. The molecule has 0 spiro atoms. The number of rotatable bonds is 6. The van der Waals surface area contributed by atoms with Crippen LogP contribution in [0, 0.1) is 0 Å². The summed E-state index contributed by atoms with van der Waals surface area (Å²) in [4.78, 5) is 23.3. The van der Waals surface area contributed by atoms with Crippen molar-refractivity contribution in [1.29, 1.82) is 0 Å². The van der Waals surface area contributed by atoms with Crippen molar-refractivity contribution in [2.45, 2.75) is 19.3 Å². The van der Waals surface area contributed by atoms with Crippen molar-refractivity contribution in [1.82, 2.24) is 15.5 Å². The molecular weight excluding hydrogens is 272 g/mol. The number of fused-ring (bicyclic) bond motifs is 1. The van der Waals surface area contributed by atoms with Gasteiger partial charge in [-0.25, -0.2) is 0 Å². The first-order chi connectivity index (χ1) is 10.2. The van der Waals surface area contributed by atoms with E-state index in [1.54, 1.807) is 24.4 Å². The molecule has 21 heavy (non-hydrogen) atoms. The number of benzene rings is 1. The lowest BCUT2D eigenvalue weighted by Gasteiger charge is -2.06. The molecule has 0 bridgehead atoms. The Hall–Kier alpha value is -2.41. The number of carbonyl (C=O) groups is 2. The number of aromatic amines is 1.